The van der Waals surface area contributed by atoms with Crippen molar-refractivity contribution in [3.8, 4) is 0 Å². The lowest BCUT2D eigenvalue weighted by Crippen LogP contribution is -2.35. The molecule has 19 heavy (non-hydrogen) atoms. The Morgan fingerprint density at radius 1 is 1.53 bits per heavy atom. The SMILES string of the molecule is CC1(C)CSCC(Nc2cc(F)ccc2[N+](=O)[O-])C1. The van der Waals surface area contributed by atoms with Crippen LogP contribution in [0.5, 0.6) is 0 Å². The molecule has 1 aromatic carbocycles. The van der Waals surface area contributed by atoms with E-state index < -0.39 is 10.7 Å². The first kappa shape index (κ1) is 14.1. The molecule has 1 heterocycles. The molecule has 0 amide bonds. The Morgan fingerprint density at radius 2 is 2.26 bits per heavy atom. The molecule has 0 bridgehead atoms. The summed E-state index contributed by atoms with van der Waals surface area (Å²) in [5.41, 5.74) is 0.394. The van der Waals surface area contributed by atoms with Gasteiger partial charge in [-0.2, -0.15) is 11.8 Å². The molecule has 2 rings (SSSR count). The van der Waals surface area contributed by atoms with Crippen LogP contribution in [0.1, 0.15) is 20.3 Å². The average Bonchev–Trinajstić information content (AvgIpc) is 2.27. The minimum absolute atomic E-state index is 0.0743. The van der Waals surface area contributed by atoms with E-state index >= 15 is 0 Å². The van der Waals surface area contributed by atoms with Gasteiger partial charge < -0.3 is 5.32 Å². The lowest BCUT2D eigenvalue weighted by molar-refractivity contribution is -0.384. The molecule has 104 valence electrons. The third-order valence-corrected chi connectivity index (χ3v) is 4.75. The predicted molar refractivity (Wildman–Crippen MR) is 76.2 cm³/mol. The second-order valence-corrected chi connectivity index (χ2v) is 6.67. The van der Waals surface area contributed by atoms with Crippen molar-refractivity contribution < 1.29 is 9.31 Å². The van der Waals surface area contributed by atoms with Crippen molar-refractivity contribution in [1.29, 1.82) is 0 Å². The van der Waals surface area contributed by atoms with E-state index in [2.05, 4.69) is 19.2 Å². The maximum Gasteiger partial charge on any atom is 0.292 e. The number of halogens is 1. The van der Waals surface area contributed by atoms with Crippen molar-refractivity contribution in [2.24, 2.45) is 5.41 Å². The number of nitro groups is 1. The lowest BCUT2D eigenvalue weighted by atomic mass is 9.87. The quantitative estimate of drug-likeness (QED) is 0.679. The van der Waals surface area contributed by atoms with E-state index in [1.54, 1.807) is 0 Å². The largest absolute Gasteiger partial charge is 0.376 e. The first-order chi connectivity index (χ1) is 8.87. The molecule has 0 spiro atoms. The third kappa shape index (κ3) is 3.59. The average molecular weight is 284 g/mol. The second-order valence-electron chi connectivity index (χ2n) is 5.64. The number of anilines is 1. The highest BCUT2D eigenvalue weighted by atomic mass is 32.2. The Kier molecular flexibility index (Phi) is 3.99. The second kappa shape index (κ2) is 5.36. The highest BCUT2D eigenvalue weighted by Gasteiger charge is 2.29. The van der Waals surface area contributed by atoms with Crippen LogP contribution >= 0.6 is 11.8 Å². The first-order valence-electron chi connectivity index (χ1n) is 6.16. The zero-order valence-corrected chi connectivity index (χ0v) is 11.8. The maximum absolute atomic E-state index is 13.2. The number of thioether (sulfide) groups is 1. The smallest absolute Gasteiger partial charge is 0.292 e. The van der Waals surface area contributed by atoms with Crippen LogP contribution in [0.2, 0.25) is 0 Å². The number of hydrogen-bond acceptors (Lipinski definition) is 4. The van der Waals surface area contributed by atoms with Crippen LogP contribution in [-0.4, -0.2) is 22.5 Å². The predicted octanol–water partition coefficient (Wildman–Crippen LogP) is 3.68. The molecule has 4 nitrogen and oxygen atoms in total. The van der Waals surface area contributed by atoms with Crippen molar-refractivity contribution >= 4 is 23.1 Å². The number of nitro benzene ring substituents is 1. The minimum Gasteiger partial charge on any atom is -0.376 e. The molecular weight excluding hydrogens is 267 g/mol. The molecule has 6 heteroatoms. The number of nitrogens with zero attached hydrogens (tertiary/aromatic N) is 1. The van der Waals surface area contributed by atoms with Gasteiger partial charge in [-0.3, -0.25) is 10.1 Å². The number of benzene rings is 1. The molecule has 0 radical (unpaired) electrons. The molecular formula is C13H17FN2O2S. The Hall–Kier alpha value is -1.30. The summed E-state index contributed by atoms with van der Waals surface area (Å²) in [5.74, 6) is 1.50. The fourth-order valence-electron chi connectivity index (χ4n) is 2.36. The summed E-state index contributed by atoms with van der Waals surface area (Å²) in [5, 5.41) is 14.1. The summed E-state index contributed by atoms with van der Waals surface area (Å²) in [6, 6.07) is 3.65. The van der Waals surface area contributed by atoms with E-state index in [4.69, 9.17) is 0 Å². The fraction of sp³-hybridized carbons (Fsp3) is 0.538. The van der Waals surface area contributed by atoms with E-state index in [0.29, 0.717) is 0 Å². The van der Waals surface area contributed by atoms with Gasteiger partial charge in [0.05, 0.1) is 4.92 Å². The summed E-state index contributed by atoms with van der Waals surface area (Å²) < 4.78 is 13.2. The van der Waals surface area contributed by atoms with E-state index in [9.17, 15) is 14.5 Å². The first-order valence-corrected chi connectivity index (χ1v) is 7.31. The fourth-order valence-corrected chi connectivity index (χ4v) is 3.63. The summed E-state index contributed by atoms with van der Waals surface area (Å²) >= 11 is 1.82. The summed E-state index contributed by atoms with van der Waals surface area (Å²) in [6.45, 7) is 4.35. The molecule has 0 aliphatic carbocycles. The molecule has 1 aliphatic rings. The van der Waals surface area contributed by atoms with Gasteiger partial charge in [-0.15, -0.1) is 0 Å². The van der Waals surface area contributed by atoms with Crippen LogP contribution in [0.15, 0.2) is 18.2 Å². The molecule has 1 saturated heterocycles. The monoisotopic (exact) mass is 284 g/mol. The van der Waals surface area contributed by atoms with Gasteiger partial charge in [-0.25, -0.2) is 4.39 Å². The van der Waals surface area contributed by atoms with Crippen LogP contribution in [0.4, 0.5) is 15.8 Å². The van der Waals surface area contributed by atoms with E-state index in [1.165, 1.54) is 12.1 Å². The van der Waals surface area contributed by atoms with Gasteiger partial charge in [-0.1, -0.05) is 13.8 Å². The van der Waals surface area contributed by atoms with Crippen molar-refractivity contribution in [1.82, 2.24) is 0 Å². The molecule has 0 aromatic heterocycles. The number of nitrogens with one attached hydrogen (secondary N) is 1. The molecule has 1 fully saturated rings. The van der Waals surface area contributed by atoms with Gasteiger partial charge in [0.1, 0.15) is 11.5 Å². The summed E-state index contributed by atoms with van der Waals surface area (Å²) in [6.07, 6.45) is 0.924. The van der Waals surface area contributed by atoms with Crippen LogP contribution in [-0.2, 0) is 0 Å². The van der Waals surface area contributed by atoms with Gasteiger partial charge in [0.2, 0.25) is 0 Å². The molecule has 1 unspecified atom stereocenters. The zero-order valence-electron chi connectivity index (χ0n) is 11.0. The van der Waals surface area contributed by atoms with Crippen molar-refractivity contribution in [3.05, 3.63) is 34.1 Å². The standard InChI is InChI=1S/C13H17FN2O2S/c1-13(2)6-10(7-19-8-13)15-11-5-9(14)3-4-12(11)16(17)18/h3-5,10,15H,6-8H2,1-2H3. The van der Waals surface area contributed by atoms with Gasteiger partial charge >= 0.3 is 0 Å². The topological polar surface area (TPSA) is 55.2 Å². The van der Waals surface area contributed by atoms with E-state index in [-0.39, 0.29) is 22.8 Å². The molecule has 1 aromatic rings. The van der Waals surface area contributed by atoms with Gasteiger partial charge in [0.25, 0.3) is 5.69 Å². The van der Waals surface area contributed by atoms with Crippen LogP contribution in [0, 0.1) is 21.3 Å². The zero-order chi connectivity index (χ0) is 14.0. The molecule has 0 saturated carbocycles. The van der Waals surface area contributed by atoms with Gasteiger partial charge in [0.15, 0.2) is 0 Å². The third-order valence-electron chi connectivity index (χ3n) is 3.13. The van der Waals surface area contributed by atoms with Crippen LogP contribution in [0.3, 0.4) is 0 Å². The Balaban J connectivity index is 2.18. The summed E-state index contributed by atoms with van der Waals surface area (Å²) in [7, 11) is 0. The van der Waals surface area contributed by atoms with Crippen molar-refractivity contribution in [3.63, 3.8) is 0 Å². The van der Waals surface area contributed by atoms with Crippen molar-refractivity contribution in [2.75, 3.05) is 16.8 Å². The molecule has 1 N–H and O–H groups in total. The summed E-state index contributed by atoms with van der Waals surface area (Å²) in [4.78, 5) is 10.5. The van der Waals surface area contributed by atoms with E-state index in [0.717, 1.165) is 24.0 Å². The lowest BCUT2D eigenvalue weighted by Gasteiger charge is -2.35. The minimum atomic E-state index is -0.483. The van der Waals surface area contributed by atoms with Crippen LogP contribution in [0.25, 0.3) is 0 Å². The Morgan fingerprint density at radius 3 is 2.89 bits per heavy atom. The van der Waals surface area contributed by atoms with E-state index in [1.807, 2.05) is 11.8 Å². The Bertz CT molecular complexity index is 494. The van der Waals surface area contributed by atoms with Gasteiger partial charge in [-0.05, 0) is 23.7 Å². The highest BCUT2D eigenvalue weighted by Crippen LogP contribution is 2.36. The van der Waals surface area contributed by atoms with Crippen molar-refractivity contribution in [2.45, 2.75) is 26.3 Å². The maximum atomic E-state index is 13.2. The molecule has 1 aliphatic heterocycles. The Labute approximate surface area is 115 Å². The highest BCUT2D eigenvalue weighted by molar-refractivity contribution is 7.99. The number of hydrogen-bond donors (Lipinski definition) is 1. The normalized spacial score (nSPS) is 21.9. The van der Waals surface area contributed by atoms with Gasteiger partial charge in [0, 0.05) is 23.9 Å². The van der Waals surface area contributed by atoms with Crippen LogP contribution < -0.4 is 5.32 Å². The molecule has 1 atom stereocenters. The number of rotatable bonds is 3.